The molecule has 0 unspecified atom stereocenters. The number of aromatic nitrogens is 3. The van der Waals surface area contributed by atoms with Crippen molar-refractivity contribution in [3.05, 3.63) is 60.2 Å². The predicted molar refractivity (Wildman–Crippen MR) is 101 cm³/mol. The Morgan fingerprint density at radius 2 is 1.93 bits per heavy atom. The number of piperazine rings is 1. The van der Waals surface area contributed by atoms with Crippen molar-refractivity contribution in [2.24, 2.45) is 0 Å². The number of rotatable bonds is 4. The van der Waals surface area contributed by atoms with E-state index < -0.39 is 0 Å². The van der Waals surface area contributed by atoms with Crippen LogP contribution in [0.15, 0.2) is 53.5 Å². The van der Waals surface area contributed by atoms with Gasteiger partial charge < -0.3 is 19.5 Å². The first-order valence-corrected chi connectivity index (χ1v) is 8.79. The molecule has 1 fully saturated rings. The minimum absolute atomic E-state index is 0.000290. The molecule has 4 heterocycles. The van der Waals surface area contributed by atoms with Crippen molar-refractivity contribution < 1.29 is 9.21 Å². The van der Waals surface area contributed by atoms with E-state index in [4.69, 9.17) is 4.42 Å². The van der Waals surface area contributed by atoms with Crippen molar-refractivity contribution in [1.82, 2.24) is 20.1 Å². The van der Waals surface area contributed by atoms with Crippen molar-refractivity contribution in [3.63, 3.8) is 0 Å². The molecule has 0 radical (unpaired) electrons. The number of carbonyl (C=O) groups is 1. The molecule has 3 aromatic heterocycles. The van der Waals surface area contributed by atoms with Gasteiger partial charge in [0, 0.05) is 32.4 Å². The summed E-state index contributed by atoms with van der Waals surface area (Å²) in [5, 5.41) is 11.7. The van der Waals surface area contributed by atoms with E-state index in [1.54, 1.807) is 12.3 Å². The maximum absolute atomic E-state index is 12.4. The molecule has 4 rings (SSSR count). The molecule has 1 amide bonds. The minimum atomic E-state index is -0.000290. The summed E-state index contributed by atoms with van der Waals surface area (Å²) in [5.41, 5.74) is 1.71. The fraction of sp³-hybridized carbons (Fsp3) is 0.263. The van der Waals surface area contributed by atoms with Gasteiger partial charge in [-0.2, -0.15) is 0 Å². The monoisotopic (exact) mass is 364 g/mol. The van der Waals surface area contributed by atoms with Crippen LogP contribution in [0.3, 0.4) is 0 Å². The summed E-state index contributed by atoms with van der Waals surface area (Å²) in [7, 11) is 0. The zero-order chi connectivity index (χ0) is 18.6. The standard InChI is InChI=1S/C19H20N6O2/c1-14-4-6-20-17(12-14)21-16-2-3-18(23-22-16)24-7-9-25(10-8-24)19(26)15-5-11-27-13-15/h2-6,11-13H,7-10H2,1H3,(H,20,21,22). The highest BCUT2D eigenvalue weighted by atomic mass is 16.3. The Balaban J connectivity index is 1.35. The molecule has 0 bridgehead atoms. The van der Waals surface area contributed by atoms with Crippen molar-refractivity contribution in [1.29, 1.82) is 0 Å². The van der Waals surface area contributed by atoms with E-state index in [-0.39, 0.29) is 5.91 Å². The summed E-state index contributed by atoms with van der Waals surface area (Å²) >= 11 is 0. The van der Waals surface area contributed by atoms with Crippen molar-refractivity contribution in [3.8, 4) is 0 Å². The van der Waals surface area contributed by atoms with Crippen LogP contribution >= 0.6 is 0 Å². The lowest BCUT2D eigenvalue weighted by atomic mass is 10.2. The molecule has 1 N–H and O–H groups in total. The van der Waals surface area contributed by atoms with Gasteiger partial charge >= 0.3 is 0 Å². The first kappa shape index (κ1) is 17.0. The maximum Gasteiger partial charge on any atom is 0.257 e. The van der Waals surface area contributed by atoms with E-state index in [1.165, 1.54) is 12.5 Å². The number of furan rings is 1. The van der Waals surface area contributed by atoms with Crippen LogP contribution < -0.4 is 10.2 Å². The molecule has 1 saturated heterocycles. The average molecular weight is 364 g/mol. The summed E-state index contributed by atoms with van der Waals surface area (Å²) in [6, 6.07) is 9.39. The minimum Gasteiger partial charge on any atom is -0.472 e. The normalized spacial score (nSPS) is 14.3. The van der Waals surface area contributed by atoms with Crippen LogP contribution in [-0.2, 0) is 0 Å². The van der Waals surface area contributed by atoms with Crippen molar-refractivity contribution in [2.45, 2.75) is 6.92 Å². The second-order valence-corrected chi connectivity index (χ2v) is 6.41. The Labute approximate surface area is 156 Å². The molecule has 27 heavy (non-hydrogen) atoms. The van der Waals surface area contributed by atoms with Crippen LogP contribution in [0.2, 0.25) is 0 Å². The number of carbonyl (C=O) groups excluding carboxylic acids is 1. The Morgan fingerprint density at radius 1 is 1.07 bits per heavy atom. The second kappa shape index (κ2) is 7.45. The average Bonchev–Trinajstić information content (AvgIpc) is 3.23. The van der Waals surface area contributed by atoms with E-state index in [9.17, 15) is 4.79 Å². The third-order valence-electron chi connectivity index (χ3n) is 4.48. The second-order valence-electron chi connectivity index (χ2n) is 6.41. The highest BCUT2D eigenvalue weighted by molar-refractivity contribution is 5.94. The zero-order valence-corrected chi connectivity index (χ0v) is 15.0. The number of hydrogen-bond donors (Lipinski definition) is 1. The van der Waals surface area contributed by atoms with Gasteiger partial charge in [-0.05, 0) is 42.8 Å². The van der Waals surface area contributed by atoms with Gasteiger partial charge in [-0.3, -0.25) is 4.79 Å². The molecule has 0 spiro atoms. The van der Waals surface area contributed by atoms with Crippen LogP contribution in [0.4, 0.5) is 17.5 Å². The molecule has 0 saturated carbocycles. The molecule has 138 valence electrons. The molecule has 3 aromatic rings. The van der Waals surface area contributed by atoms with E-state index in [1.807, 2.05) is 36.1 Å². The Hall–Kier alpha value is -3.42. The third kappa shape index (κ3) is 3.89. The molecule has 0 aliphatic carbocycles. The molecule has 1 aliphatic heterocycles. The highest BCUT2D eigenvalue weighted by Crippen LogP contribution is 2.18. The summed E-state index contributed by atoms with van der Waals surface area (Å²) in [4.78, 5) is 20.6. The number of hydrogen-bond acceptors (Lipinski definition) is 7. The number of nitrogens with zero attached hydrogens (tertiary/aromatic N) is 5. The molecule has 8 nitrogen and oxygen atoms in total. The van der Waals surface area contributed by atoms with Crippen LogP contribution in [0, 0.1) is 6.92 Å². The van der Waals surface area contributed by atoms with E-state index in [0.29, 0.717) is 37.6 Å². The number of aryl methyl sites for hydroxylation is 1. The number of anilines is 3. The quantitative estimate of drug-likeness (QED) is 0.761. The SMILES string of the molecule is Cc1ccnc(Nc2ccc(N3CCN(C(=O)c4ccoc4)CC3)nn2)c1. The zero-order valence-electron chi connectivity index (χ0n) is 15.0. The summed E-state index contributed by atoms with van der Waals surface area (Å²) in [5.74, 6) is 2.18. The van der Waals surface area contributed by atoms with Gasteiger partial charge in [0.25, 0.3) is 5.91 Å². The Bertz CT molecular complexity index is 902. The summed E-state index contributed by atoms with van der Waals surface area (Å²) in [6.45, 7) is 4.71. The third-order valence-corrected chi connectivity index (χ3v) is 4.48. The lowest BCUT2D eigenvalue weighted by Gasteiger charge is -2.35. The van der Waals surface area contributed by atoms with Gasteiger partial charge in [0.1, 0.15) is 12.1 Å². The predicted octanol–water partition coefficient (Wildman–Crippen LogP) is 2.48. The largest absolute Gasteiger partial charge is 0.472 e. The molecule has 8 heteroatoms. The number of amides is 1. The molecule has 1 aliphatic rings. The highest BCUT2D eigenvalue weighted by Gasteiger charge is 2.23. The molecular formula is C19H20N6O2. The topological polar surface area (TPSA) is 87.4 Å². The molecule has 0 atom stereocenters. The van der Waals surface area contributed by atoms with Crippen LogP contribution in [0.5, 0.6) is 0 Å². The fourth-order valence-electron chi connectivity index (χ4n) is 3.00. The van der Waals surface area contributed by atoms with Crippen LogP contribution in [0.25, 0.3) is 0 Å². The lowest BCUT2D eigenvalue weighted by Crippen LogP contribution is -2.49. The summed E-state index contributed by atoms with van der Waals surface area (Å²) in [6.07, 6.45) is 4.75. The first-order chi connectivity index (χ1) is 13.2. The van der Waals surface area contributed by atoms with Crippen LogP contribution in [0.1, 0.15) is 15.9 Å². The van der Waals surface area contributed by atoms with E-state index in [2.05, 4.69) is 25.4 Å². The first-order valence-electron chi connectivity index (χ1n) is 8.79. The number of pyridine rings is 1. The smallest absolute Gasteiger partial charge is 0.257 e. The fourth-order valence-corrected chi connectivity index (χ4v) is 3.00. The summed E-state index contributed by atoms with van der Waals surface area (Å²) < 4.78 is 4.99. The number of nitrogens with one attached hydrogen (secondary N) is 1. The maximum atomic E-state index is 12.4. The van der Waals surface area contributed by atoms with E-state index >= 15 is 0 Å². The van der Waals surface area contributed by atoms with Gasteiger partial charge in [-0.1, -0.05) is 0 Å². The van der Waals surface area contributed by atoms with Gasteiger partial charge in [-0.15, -0.1) is 10.2 Å². The molecule has 0 aromatic carbocycles. The van der Waals surface area contributed by atoms with Crippen molar-refractivity contribution in [2.75, 3.05) is 36.4 Å². The Morgan fingerprint density at radius 3 is 2.59 bits per heavy atom. The van der Waals surface area contributed by atoms with Crippen LogP contribution in [-0.4, -0.2) is 52.2 Å². The van der Waals surface area contributed by atoms with Gasteiger partial charge in [0.2, 0.25) is 0 Å². The Kier molecular flexibility index (Phi) is 4.69. The van der Waals surface area contributed by atoms with E-state index in [0.717, 1.165) is 17.2 Å². The van der Waals surface area contributed by atoms with Crippen molar-refractivity contribution >= 4 is 23.4 Å². The molecular weight excluding hydrogens is 344 g/mol. The van der Waals surface area contributed by atoms with Gasteiger partial charge in [0.05, 0.1) is 11.8 Å². The van der Waals surface area contributed by atoms with Gasteiger partial charge in [0.15, 0.2) is 11.6 Å². The van der Waals surface area contributed by atoms with Gasteiger partial charge in [-0.25, -0.2) is 4.98 Å². The lowest BCUT2D eigenvalue weighted by molar-refractivity contribution is 0.0746.